The van der Waals surface area contributed by atoms with Crippen LogP contribution in [0.3, 0.4) is 0 Å². The molecule has 28 heavy (non-hydrogen) atoms. The average molecular weight is 403 g/mol. The standard InChI is InChI=1S/C19H18FN3O4S/c1-27-17-6-7-18(15(12-17)13-21)28(25,26)23-10-8-22(9-11-23)19(24)14-2-4-16(20)5-3-14/h2-7,12H,8-11H2,1H3. The molecule has 0 spiro atoms. The van der Waals surface area contributed by atoms with Crippen LogP contribution in [-0.4, -0.2) is 56.8 Å². The van der Waals surface area contributed by atoms with E-state index >= 15 is 0 Å². The molecule has 0 N–H and O–H groups in total. The summed E-state index contributed by atoms with van der Waals surface area (Å²) in [5, 5.41) is 9.29. The molecule has 1 fully saturated rings. The molecule has 2 aromatic carbocycles. The van der Waals surface area contributed by atoms with Crippen LogP contribution in [0.4, 0.5) is 4.39 Å². The van der Waals surface area contributed by atoms with Gasteiger partial charge in [0.15, 0.2) is 0 Å². The number of ether oxygens (including phenoxy) is 1. The van der Waals surface area contributed by atoms with Crippen LogP contribution >= 0.6 is 0 Å². The molecule has 0 atom stereocenters. The number of nitrogens with zero attached hydrogens (tertiary/aromatic N) is 3. The number of carbonyl (C=O) groups is 1. The van der Waals surface area contributed by atoms with E-state index in [0.29, 0.717) is 11.3 Å². The Morgan fingerprint density at radius 1 is 1.11 bits per heavy atom. The quantitative estimate of drug-likeness (QED) is 0.777. The van der Waals surface area contributed by atoms with Crippen molar-refractivity contribution in [1.29, 1.82) is 5.26 Å². The SMILES string of the molecule is COc1ccc(S(=O)(=O)N2CCN(C(=O)c3ccc(F)cc3)CC2)c(C#N)c1. The third kappa shape index (κ3) is 3.83. The Bertz CT molecular complexity index is 1020. The molecule has 2 aromatic rings. The summed E-state index contributed by atoms with van der Waals surface area (Å²) in [5.74, 6) is -0.315. The lowest BCUT2D eigenvalue weighted by Gasteiger charge is -2.34. The highest BCUT2D eigenvalue weighted by Gasteiger charge is 2.32. The van der Waals surface area contributed by atoms with Gasteiger partial charge in [-0.15, -0.1) is 0 Å². The zero-order valence-corrected chi connectivity index (χ0v) is 15.9. The number of piperazine rings is 1. The van der Waals surface area contributed by atoms with Crippen molar-refractivity contribution >= 4 is 15.9 Å². The van der Waals surface area contributed by atoms with Crippen molar-refractivity contribution in [3.8, 4) is 11.8 Å². The van der Waals surface area contributed by atoms with Crippen LogP contribution < -0.4 is 4.74 Å². The number of sulfonamides is 1. The molecule has 7 nitrogen and oxygen atoms in total. The Kier molecular flexibility index (Phi) is 5.63. The van der Waals surface area contributed by atoms with Gasteiger partial charge in [0.25, 0.3) is 5.91 Å². The fraction of sp³-hybridized carbons (Fsp3) is 0.263. The Morgan fingerprint density at radius 3 is 2.32 bits per heavy atom. The van der Waals surface area contributed by atoms with Crippen LogP contribution in [-0.2, 0) is 10.0 Å². The molecule has 1 heterocycles. The molecule has 1 saturated heterocycles. The van der Waals surface area contributed by atoms with E-state index in [9.17, 15) is 22.9 Å². The number of carbonyl (C=O) groups excluding carboxylic acids is 1. The number of hydrogen-bond acceptors (Lipinski definition) is 5. The number of methoxy groups -OCH3 is 1. The third-order valence-corrected chi connectivity index (χ3v) is 6.50. The second-order valence-electron chi connectivity index (χ2n) is 6.18. The molecule has 0 saturated carbocycles. The highest BCUT2D eigenvalue weighted by atomic mass is 32.2. The summed E-state index contributed by atoms with van der Waals surface area (Å²) in [4.78, 5) is 13.9. The predicted molar refractivity (Wildman–Crippen MR) is 98.8 cm³/mol. The van der Waals surface area contributed by atoms with Gasteiger partial charge >= 0.3 is 0 Å². The van der Waals surface area contributed by atoms with Crippen LogP contribution in [0.5, 0.6) is 5.75 Å². The first kappa shape index (κ1) is 19.8. The Balaban J connectivity index is 1.74. The molecule has 0 aliphatic carbocycles. The molecule has 0 aromatic heterocycles. The second-order valence-corrected chi connectivity index (χ2v) is 8.08. The van der Waals surface area contributed by atoms with Gasteiger partial charge in [-0.1, -0.05) is 0 Å². The monoisotopic (exact) mass is 403 g/mol. The fourth-order valence-corrected chi connectivity index (χ4v) is 4.54. The van der Waals surface area contributed by atoms with E-state index in [4.69, 9.17) is 4.74 Å². The molecular formula is C19H18FN3O4S. The summed E-state index contributed by atoms with van der Waals surface area (Å²) in [7, 11) is -2.45. The summed E-state index contributed by atoms with van der Waals surface area (Å²) in [6, 6.07) is 11.3. The van der Waals surface area contributed by atoms with Crippen LogP contribution in [0.1, 0.15) is 15.9 Å². The summed E-state index contributed by atoms with van der Waals surface area (Å²) in [6.45, 7) is 0.610. The fourth-order valence-electron chi connectivity index (χ4n) is 2.99. The van der Waals surface area contributed by atoms with Gasteiger partial charge in [0, 0.05) is 31.7 Å². The number of benzene rings is 2. The molecular weight excluding hydrogens is 385 g/mol. The lowest BCUT2D eigenvalue weighted by molar-refractivity contribution is 0.0698. The highest BCUT2D eigenvalue weighted by molar-refractivity contribution is 7.89. The van der Waals surface area contributed by atoms with Gasteiger partial charge in [0.05, 0.1) is 12.7 Å². The number of nitriles is 1. The smallest absolute Gasteiger partial charge is 0.253 e. The van der Waals surface area contributed by atoms with E-state index < -0.39 is 15.8 Å². The minimum Gasteiger partial charge on any atom is -0.497 e. The number of rotatable bonds is 4. The van der Waals surface area contributed by atoms with E-state index in [1.807, 2.05) is 6.07 Å². The maximum atomic E-state index is 13.0. The lowest BCUT2D eigenvalue weighted by Crippen LogP contribution is -2.50. The van der Waals surface area contributed by atoms with Gasteiger partial charge in [-0.2, -0.15) is 9.57 Å². The number of hydrogen-bond donors (Lipinski definition) is 0. The van der Waals surface area contributed by atoms with Gasteiger partial charge in [0.2, 0.25) is 10.0 Å². The largest absolute Gasteiger partial charge is 0.497 e. The van der Waals surface area contributed by atoms with Crippen molar-refractivity contribution in [2.45, 2.75) is 4.90 Å². The van der Waals surface area contributed by atoms with Gasteiger partial charge in [-0.25, -0.2) is 12.8 Å². The van der Waals surface area contributed by atoms with Crippen molar-refractivity contribution in [3.63, 3.8) is 0 Å². The normalized spacial score (nSPS) is 15.1. The average Bonchev–Trinajstić information content (AvgIpc) is 2.73. The molecule has 146 valence electrons. The maximum absolute atomic E-state index is 13.0. The summed E-state index contributed by atoms with van der Waals surface area (Å²) in [5.41, 5.74) is 0.351. The maximum Gasteiger partial charge on any atom is 0.253 e. The topological polar surface area (TPSA) is 90.7 Å². The van der Waals surface area contributed by atoms with Crippen molar-refractivity contribution in [3.05, 3.63) is 59.4 Å². The molecule has 0 bridgehead atoms. The minimum absolute atomic E-state index is 0.00386. The van der Waals surface area contributed by atoms with Crippen molar-refractivity contribution in [1.82, 2.24) is 9.21 Å². The van der Waals surface area contributed by atoms with Crippen LogP contribution in [0.25, 0.3) is 0 Å². The van der Waals surface area contributed by atoms with E-state index in [1.165, 1.54) is 58.8 Å². The van der Waals surface area contributed by atoms with Crippen molar-refractivity contribution in [2.75, 3.05) is 33.3 Å². The summed E-state index contributed by atoms with van der Waals surface area (Å²) in [6.07, 6.45) is 0. The Labute approximate surface area is 162 Å². The zero-order chi connectivity index (χ0) is 20.3. The van der Waals surface area contributed by atoms with E-state index in [0.717, 1.165) is 0 Å². The predicted octanol–water partition coefficient (Wildman–Crippen LogP) is 1.85. The lowest BCUT2D eigenvalue weighted by atomic mass is 10.2. The first-order chi connectivity index (χ1) is 13.4. The van der Waals surface area contributed by atoms with Gasteiger partial charge < -0.3 is 9.64 Å². The van der Waals surface area contributed by atoms with Crippen LogP contribution in [0.2, 0.25) is 0 Å². The Morgan fingerprint density at radius 2 is 1.75 bits per heavy atom. The second kappa shape index (κ2) is 7.96. The number of amides is 1. The van der Waals surface area contributed by atoms with Crippen LogP contribution in [0.15, 0.2) is 47.4 Å². The van der Waals surface area contributed by atoms with Gasteiger partial charge in [-0.3, -0.25) is 4.79 Å². The van der Waals surface area contributed by atoms with Crippen molar-refractivity contribution in [2.24, 2.45) is 0 Å². The molecule has 3 rings (SSSR count). The first-order valence-electron chi connectivity index (χ1n) is 8.50. The molecule has 1 amide bonds. The molecule has 1 aliphatic rings. The summed E-state index contributed by atoms with van der Waals surface area (Å²) < 4.78 is 45.2. The van der Waals surface area contributed by atoms with Crippen LogP contribution in [0, 0.1) is 17.1 Å². The number of halogens is 1. The molecule has 9 heteroatoms. The van der Waals surface area contributed by atoms with Gasteiger partial charge in [-0.05, 0) is 42.5 Å². The zero-order valence-electron chi connectivity index (χ0n) is 15.1. The van der Waals surface area contributed by atoms with E-state index in [2.05, 4.69) is 0 Å². The molecule has 0 unspecified atom stereocenters. The summed E-state index contributed by atoms with van der Waals surface area (Å²) >= 11 is 0. The third-order valence-electron chi connectivity index (χ3n) is 4.54. The first-order valence-corrected chi connectivity index (χ1v) is 9.94. The Hall–Kier alpha value is -2.96. The van der Waals surface area contributed by atoms with E-state index in [-0.39, 0.29) is 42.5 Å². The highest BCUT2D eigenvalue weighted by Crippen LogP contribution is 2.25. The van der Waals surface area contributed by atoms with Gasteiger partial charge in [0.1, 0.15) is 22.5 Å². The molecule has 0 radical (unpaired) electrons. The van der Waals surface area contributed by atoms with E-state index in [1.54, 1.807) is 0 Å². The van der Waals surface area contributed by atoms with Crippen molar-refractivity contribution < 1.29 is 22.3 Å². The molecule has 1 aliphatic heterocycles. The minimum atomic E-state index is -3.88.